The maximum Gasteiger partial charge on any atom is 0.307 e. The molecule has 0 saturated carbocycles. The van der Waals surface area contributed by atoms with E-state index in [9.17, 15) is 4.79 Å². The summed E-state index contributed by atoms with van der Waals surface area (Å²) in [6.07, 6.45) is 0.778. The topological polar surface area (TPSA) is 40.5 Å². The number of nitrogens with zero attached hydrogens (tertiary/aromatic N) is 1. The van der Waals surface area contributed by atoms with Crippen LogP contribution in [0.25, 0.3) is 0 Å². The molecule has 1 fully saturated rings. The molecule has 2 rings (SSSR count). The van der Waals surface area contributed by atoms with Crippen molar-refractivity contribution in [3.8, 4) is 0 Å². The fraction of sp³-hybridized carbons (Fsp3) is 0.500. The van der Waals surface area contributed by atoms with Crippen LogP contribution in [0.2, 0.25) is 0 Å². The van der Waals surface area contributed by atoms with Gasteiger partial charge in [-0.15, -0.1) is 0 Å². The lowest BCUT2D eigenvalue weighted by Crippen LogP contribution is -2.23. The van der Waals surface area contributed by atoms with Crippen LogP contribution >= 0.6 is 0 Å². The zero-order valence-electron chi connectivity index (χ0n) is 10.4. The van der Waals surface area contributed by atoms with E-state index in [-0.39, 0.29) is 5.92 Å². The first kappa shape index (κ1) is 12.1. The third-order valence-corrected chi connectivity index (χ3v) is 3.52. The Morgan fingerprint density at radius 2 is 2.24 bits per heavy atom. The van der Waals surface area contributed by atoms with E-state index in [1.54, 1.807) is 0 Å². The summed E-state index contributed by atoms with van der Waals surface area (Å²) in [5.74, 6) is -0.839. The molecule has 1 N–H and O–H groups in total. The molecule has 1 aliphatic heterocycles. The molecule has 0 bridgehead atoms. The van der Waals surface area contributed by atoms with Crippen LogP contribution in [0.15, 0.2) is 18.2 Å². The van der Waals surface area contributed by atoms with Gasteiger partial charge in [0.25, 0.3) is 0 Å². The van der Waals surface area contributed by atoms with Crippen LogP contribution in [0.5, 0.6) is 0 Å². The molecule has 1 atom stereocenters. The van der Waals surface area contributed by atoms with Crippen LogP contribution in [0.3, 0.4) is 0 Å². The first-order valence-corrected chi connectivity index (χ1v) is 6.07. The average Bonchev–Trinajstić information content (AvgIpc) is 2.72. The van der Waals surface area contributed by atoms with Gasteiger partial charge in [0.15, 0.2) is 0 Å². The Hall–Kier alpha value is -1.35. The predicted molar refractivity (Wildman–Crippen MR) is 66.9 cm³/mol. The van der Waals surface area contributed by atoms with E-state index >= 15 is 0 Å². The lowest BCUT2D eigenvalue weighted by atomic mass is 10.1. The molecule has 1 aliphatic rings. The highest BCUT2D eigenvalue weighted by Gasteiger charge is 2.27. The van der Waals surface area contributed by atoms with Gasteiger partial charge < -0.3 is 5.11 Å². The van der Waals surface area contributed by atoms with Crippen molar-refractivity contribution in [1.82, 2.24) is 4.90 Å². The summed E-state index contributed by atoms with van der Waals surface area (Å²) in [7, 11) is 0. The smallest absolute Gasteiger partial charge is 0.307 e. The van der Waals surface area contributed by atoms with Gasteiger partial charge in [0, 0.05) is 13.1 Å². The van der Waals surface area contributed by atoms with E-state index in [2.05, 4.69) is 36.9 Å². The molecule has 0 amide bonds. The van der Waals surface area contributed by atoms with Crippen molar-refractivity contribution in [1.29, 1.82) is 0 Å². The summed E-state index contributed by atoms with van der Waals surface area (Å²) in [6, 6.07) is 6.45. The standard InChI is InChI=1S/C14H19NO2/c1-10-3-4-11(2)13(7-10)9-15-6-5-12(8-15)14(16)17/h3-4,7,12H,5-6,8-9H2,1-2H3,(H,16,17)/t12-/m1/s1. The van der Waals surface area contributed by atoms with Crippen molar-refractivity contribution < 1.29 is 9.90 Å². The van der Waals surface area contributed by atoms with E-state index in [1.807, 2.05) is 0 Å². The van der Waals surface area contributed by atoms with Gasteiger partial charge in [-0.3, -0.25) is 9.69 Å². The molecular formula is C14H19NO2. The van der Waals surface area contributed by atoms with Crippen molar-refractivity contribution in [2.75, 3.05) is 13.1 Å². The van der Waals surface area contributed by atoms with Gasteiger partial charge in [-0.25, -0.2) is 0 Å². The van der Waals surface area contributed by atoms with Crippen molar-refractivity contribution >= 4 is 5.97 Å². The maximum atomic E-state index is 10.9. The van der Waals surface area contributed by atoms with Gasteiger partial charge in [-0.1, -0.05) is 23.8 Å². The van der Waals surface area contributed by atoms with E-state index in [1.165, 1.54) is 16.7 Å². The number of likely N-dealkylation sites (tertiary alicyclic amines) is 1. The molecule has 1 saturated heterocycles. The second kappa shape index (κ2) is 4.88. The molecule has 1 aromatic rings. The number of carboxylic acid groups (broad SMARTS) is 1. The van der Waals surface area contributed by atoms with Crippen LogP contribution in [0, 0.1) is 19.8 Å². The highest BCUT2D eigenvalue weighted by Crippen LogP contribution is 2.20. The molecule has 3 heteroatoms. The number of carboxylic acids is 1. The Labute approximate surface area is 102 Å². The minimum atomic E-state index is -0.659. The Morgan fingerprint density at radius 1 is 1.47 bits per heavy atom. The Balaban J connectivity index is 2.02. The quantitative estimate of drug-likeness (QED) is 0.870. The number of rotatable bonds is 3. The van der Waals surface area contributed by atoms with Crippen molar-refractivity contribution in [3.05, 3.63) is 34.9 Å². The minimum absolute atomic E-state index is 0.180. The fourth-order valence-corrected chi connectivity index (χ4v) is 2.39. The molecule has 0 aliphatic carbocycles. The third kappa shape index (κ3) is 2.86. The van der Waals surface area contributed by atoms with Gasteiger partial charge >= 0.3 is 5.97 Å². The lowest BCUT2D eigenvalue weighted by Gasteiger charge is -2.17. The second-order valence-electron chi connectivity index (χ2n) is 4.99. The molecule has 1 heterocycles. The van der Waals surface area contributed by atoms with Crippen LogP contribution in [0.1, 0.15) is 23.1 Å². The molecule has 0 spiro atoms. The molecule has 0 radical (unpaired) electrons. The zero-order chi connectivity index (χ0) is 12.4. The number of aliphatic carboxylic acids is 1. The molecule has 0 aromatic heterocycles. The number of hydrogen-bond acceptors (Lipinski definition) is 2. The molecule has 92 valence electrons. The van der Waals surface area contributed by atoms with Crippen LogP contribution in [-0.4, -0.2) is 29.1 Å². The monoisotopic (exact) mass is 233 g/mol. The summed E-state index contributed by atoms with van der Waals surface area (Å²) in [4.78, 5) is 13.1. The van der Waals surface area contributed by atoms with Crippen LogP contribution < -0.4 is 0 Å². The normalized spacial score (nSPS) is 20.7. The Kier molecular flexibility index (Phi) is 3.48. The van der Waals surface area contributed by atoms with E-state index in [0.717, 1.165) is 19.5 Å². The Bertz CT molecular complexity index is 428. The second-order valence-corrected chi connectivity index (χ2v) is 4.99. The number of benzene rings is 1. The number of hydrogen-bond donors (Lipinski definition) is 1. The Morgan fingerprint density at radius 3 is 2.88 bits per heavy atom. The molecule has 17 heavy (non-hydrogen) atoms. The molecule has 0 unspecified atom stereocenters. The van der Waals surface area contributed by atoms with Gasteiger partial charge in [-0.05, 0) is 37.9 Å². The predicted octanol–water partition coefficient (Wildman–Crippen LogP) is 2.21. The summed E-state index contributed by atoms with van der Waals surface area (Å²) in [5, 5.41) is 8.97. The summed E-state index contributed by atoms with van der Waals surface area (Å²) < 4.78 is 0. The summed E-state index contributed by atoms with van der Waals surface area (Å²) >= 11 is 0. The van der Waals surface area contributed by atoms with Gasteiger partial charge in [0.05, 0.1) is 5.92 Å². The third-order valence-electron chi connectivity index (χ3n) is 3.52. The highest BCUT2D eigenvalue weighted by molar-refractivity contribution is 5.70. The number of carbonyl (C=O) groups is 1. The maximum absolute atomic E-state index is 10.9. The van der Waals surface area contributed by atoms with E-state index < -0.39 is 5.97 Å². The highest BCUT2D eigenvalue weighted by atomic mass is 16.4. The van der Waals surface area contributed by atoms with Gasteiger partial charge in [0.2, 0.25) is 0 Å². The van der Waals surface area contributed by atoms with Crippen molar-refractivity contribution in [3.63, 3.8) is 0 Å². The van der Waals surface area contributed by atoms with Crippen LogP contribution in [-0.2, 0) is 11.3 Å². The van der Waals surface area contributed by atoms with E-state index in [0.29, 0.717) is 6.54 Å². The van der Waals surface area contributed by atoms with Gasteiger partial charge in [-0.2, -0.15) is 0 Å². The van der Waals surface area contributed by atoms with Crippen molar-refractivity contribution in [2.45, 2.75) is 26.8 Å². The first-order chi connectivity index (χ1) is 8.06. The largest absolute Gasteiger partial charge is 0.481 e. The summed E-state index contributed by atoms with van der Waals surface area (Å²) in [5.41, 5.74) is 3.87. The van der Waals surface area contributed by atoms with Gasteiger partial charge in [0.1, 0.15) is 0 Å². The molecule has 3 nitrogen and oxygen atoms in total. The first-order valence-electron chi connectivity index (χ1n) is 6.07. The van der Waals surface area contributed by atoms with Crippen molar-refractivity contribution in [2.24, 2.45) is 5.92 Å². The molecule has 1 aromatic carbocycles. The zero-order valence-corrected chi connectivity index (χ0v) is 10.4. The minimum Gasteiger partial charge on any atom is -0.481 e. The lowest BCUT2D eigenvalue weighted by molar-refractivity contribution is -0.141. The molecular weight excluding hydrogens is 214 g/mol. The van der Waals surface area contributed by atoms with E-state index in [4.69, 9.17) is 5.11 Å². The summed E-state index contributed by atoms with van der Waals surface area (Å²) in [6.45, 7) is 6.65. The number of aryl methyl sites for hydroxylation is 2. The fourth-order valence-electron chi connectivity index (χ4n) is 2.39. The average molecular weight is 233 g/mol. The SMILES string of the molecule is Cc1ccc(C)c(CN2CC[C@@H](C(=O)O)C2)c1. The van der Waals surface area contributed by atoms with Crippen LogP contribution in [0.4, 0.5) is 0 Å².